The number of aryl methyl sites for hydroxylation is 1. The van der Waals surface area contributed by atoms with E-state index in [-0.39, 0.29) is 0 Å². The van der Waals surface area contributed by atoms with Gasteiger partial charge in [-0.05, 0) is 48.6 Å². The molecule has 22 heavy (non-hydrogen) atoms. The number of para-hydroxylation sites is 1. The lowest BCUT2D eigenvalue weighted by Crippen LogP contribution is -2.33. The molecule has 4 rings (SSSR count). The molecule has 0 bridgehead atoms. The number of rotatable bonds is 2. The van der Waals surface area contributed by atoms with Crippen LogP contribution in [0.15, 0.2) is 48.5 Å². The van der Waals surface area contributed by atoms with E-state index in [2.05, 4.69) is 73.9 Å². The van der Waals surface area contributed by atoms with Crippen molar-refractivity contribution in [3.63, 3.8) is 0 Å². The van der Waals surface area contributed by atoms with Gasteiger partial charge in [-0.15, -0.1) is 0 Å². The van der Waals surface area contributed by atoms with Gasteiger partial charge >= 0.3 is 0 Å². The third-order valence-electron chi connectivity index (χ3n) is 4.71. The molecule has 1 aromatic heterocycles. The van der Waals surface area contributed by atoms with Crippen LogP contribution >= 0.6 is 0 Å². The minimum Gasteiger partial charge on any atom is -0.187 e. The lowest BCUT2D eigenvalue weighted by atomic mass is 9.94. The first kappa shape index (κ1) is 13.5. The Morgan fingerprint density at radius 2 is 1.86 bits per heavy atom. The molecular formula is C21H22N+. The fraction of sp³-hybridized carbons (Fsp3) is 0.286. The molecule has 2 aromatic carbocycles. The molecule has 0 unspecified atom stereocenters. The lowest BCUT2D eigenvalue weighted by Gasteiger charge is -2.08. The highest BCUT2D eigenvalue weighted by atomic mass is 15.0. The van der Waals surface area contributed by atoms with Crippen LogP contribution in [0.4, 0.5) is 0 Å². The van der Waals surface area contributed by atoms with Gasteiger partial charge in [-0.3, -0.25) is 0 Å². The Labute approximate surface area is 132 Å². The van der Waals surface area contributed by atoms with Gasteiger partial charge in [0.25, 0.3) is 0 Å². The first-order chi connectivity index (χ1) is 10.6. The van der Waals surface area contributed by atoms with Crippen molar-refractivity contribution in [3.8, 4) is 11.3 Å². The second kappa shape index (κ2) is 4.95. The van der Waals surface area contributed by atoms with Crippen molar-refractivity contribution in [3.05, 3.63) is 65.2 Å². The van der Waals surface area contributed by atoms with Crippen LogP contribution in [0.2, 0.25) is 0 Å². The summed E-state index contributed by atoms with van der Waals surface area (Å²) in [6.45, 7) is 7.84. The van der Waals surface area contributed by atoms with Gasteiger partial charge in [0.15, 0.2) is 6.54 Å². The monoisotopic (exact) mass is 288 g/mol. The first-order valence-corrected chi connectivity index (χ1v) is 8.18. The summed E-state index contributed by atoms with van der Waals surface area (Å²) in [7, 11) is 0. The van der Waals surface area contributed by atoms with Crippen LogP contribution in [0.3, 0.4) is 0 Å². The van der Waals surface area contributed by atoms with Crippen LogP contribution in [0.25, 0.3) is 22.2 Å². The summed E-state index contributed by atoms with van der Waals surface area (Å²) in [4.78, 5) is 0. The zero-order valence-corrected chi connectivity index (χ0v) is 13.6. The maximum absolute atomic E-state index is 2.46. The SMILES string of the molecule is Cc1cc(CC(C)C)cc2c1C[n+]1c-2ccc2ccccc21. The lowest BCUT2D eigenvalue weighted by molar-refractivity contribution is -0.645. The summed E-state index contributed by atoms with van der Waals surface area (Å²) >= 11 is 0. The molecule has 1 heteroatoms. The number of pyridine rings is 1. The molecule has 0 spiro atoms. The average Bonchev–Trinajstić information content (AvgIpc) is 2.86. The van der Waals surface area contributed by atoms with E-state index in [0.29, 0.717) is 5.92 Å². The van der Waals surface area contributed by atoms with Crippen LogP contribution in [-0.4, -0.2) is 0 Å². The van der Waals surface area contributed by atoms with Crippen LogP contribution in [0.5, 0.6) is 0 Å². The fourth-order valence-electron chi connectivity index (χ4n) is 3.75. The van der Waals surface area contributed by atoms with Gasteiger partial charge in [0.2, 0.25) is 11.2 Å². The van der Waals surface area contributed by atoms with E-state index in [1.807, 2.05) is 0 Å². The predicted octanol–water partition coefficient (Wildman–Crippen LogP) is 4.66. The summed E-state index contributed by atoms with van der Waals surface area (Å²) in [6.07, 6.45) is 1.15. The van der Waals surface area contributed by atoms with Gasteiger partial charge in [-0.2, -0.15) is 4.57 Å². The van der Waals surface area contributed by atoms with Gasteiger partial charge in [-0.1, -0.05) is 32.0 Å². The predicted molar refractivity (Wildman–Crippen MR) is 92.0 cm³/mol. The number of hydrogen-bond acceptors (Lipinski definition) is 0. The Kier molecular flexibility index (Phi) is 3.04. The highest BCUT2D eigenvalue weighted by Gasteiger charge is 2.29. The smallest absolute Gasteiger partial charge is 0.187 e. The molecule has 110 valence electrons. The van der Waals surface area contributed by atoms with Crippen molar-refractivity contribution in [2.24, 2.45) is 5.92 Å². The number of nitrogens with zero attached hydrogens (tertiary/aromatic N) is 1. The van der Waals surface area contributed by atoms with Crippen molar-refractivity contribution in [1.82, 2.24) is 0 Å². The van der Waals surface area contributed by atoms with E-state index >= 15 is 0 Å². The van der Waals surface area contributed by atoms with Crippen molar-refractivity contribution in [1.29, 1.82) is 0 Å². The summed E-state index contributed by atoms with van der Waals surface area (Å²) in [6, 6.07) is 18.0. The average molecular weight is 288 g/mol. The standard InChI is InChI=1S/C21H22N/c1-14(2)10-16-11-15(3)19-13-22-20-7-5-4-6-17(20)8-9-21(22)18(19)12-16/h4-9,11-12,14H,10,13H2,1-3H3/q+1. The number of hydrogen-bond donors (Lipinski definition) is 0. The first-order valence-electron chi connectivity index (χ1n) is 8.18. The summed E-state index contributed by atoms with van der Waals surface area (Å²) in [5.41, 5.74) is 8.52. The molecule has 0 fully saturated rings. The number of benzene rings is 2. The van der Waals surface area contributed by atoms with Crippen molar-refractivity contribution in [2.45, 2.75) is 33.7 Å². The second-order valence-corrected chi connectivity index (χ2v) is 6.90. The van der Waals surface area contributed by atoms with Crippen molar-refractivity contribution >= 4 is 10.9 Å². The quantitative estimate of drug-likeness (QED) is 0.472. The third-order valence-corrected chi connectivity index (χ3v) is 4.71. The Hall–Kier alpha value is -2.15. The zero-order valence-electron chi connectivity index (χ0n) is 13.6. The molecule has 1 aliphatic heterocycles. The fourth-order valence-corrected chi connectivity index (χ4v) is 3.75. The van der Waals surface area contributed by atoms with Crippen molar-refractivity contribution in [2.75, 3.05) is 0 Å². The molecule has 0 atom stereocenters. The molecule has 2 heterocycles. The van der Waals surface area contributed by atoms with E-state index in [1.165, 1.54) is 38.9 Å². The topological polar surface area (TPSA) is 3.88 Å². The molecule has 1 nitrogen and oxygen atoms in total. The van der Waals surface area contributed by atoms with E-state index in [1.54, 1.807) is 0 Å². The van der Waals surface area contributed by atoms with Gasteiger partial charge in [0.05, 0.1) is 5.56 Å². The molecule has 3 aromatic rings. The van der Waals surface area contributed by atoms with Gasteiger partial charge in [-0.25, -0.2) is 0 Å². The number of fused-ring (bicyclic) bond motifs is 5. The maximum atomic E-state index is 2.46. The number of aromatic nitrogens is 1. The third kappa shape index (κ3) is 2.04. The van der Waals surface area contributed by atoms with E-state index in [4.69, 9.17) is 0 Å². The van der Waals surface area contributed by atoms with E-state index in [9.17, 15) is 0 Å². The molecule has 0 radical (unpaired) electrons. The molecule has 0 saturated heterocycles. The summed E-state index contributed by atoms with van der Waals surface area (Å²) in [5.74, 6) is 0.697. The Bertz CT molecular complexity index is 874. The zero-order chi connectivity index (χ0) is 15.3. The van der Waals surface area contributed by atoms with Crippen molar-refractivity contribution < 1.29 is 4.57 Å². The highest BCUT2D eigenvalue weighted by molar-refractivity contribution is 5.79. The second-order valence-electron chi connectivity index (χ2n) is 6.90. The molecule has 1 aliphatic rings. The van der Waals surface area contributed by atoms with Gasteiger partial charge in [0.1, 0.15) is 0 Å². The highest BCUT2D eigenvalue weighted by Crippen LogP contribution is 2.32. The molecular weight excluding hydrogens is 266 g/mol. The molecule has 0 amide bonds. The van der Waals surface area contributed by atoms with Crippen LogP contribution in [0, 0.1) is 12.8 Å². The van der Waals surface area contributed by atoms with Gasteiger partial charge < -0.3 is 0 Å². The molecule has 0 aliphatic carbocycles. The Balaban J connectivity index is 1.93. The van der Waals surface area contributed by atoms with E-state index < -0.39 is 0 Å². The van der Waals surface area contributed by atoms with Gasteiger partial charge in [0, 0.05) is 23.1 Å². The Morgan fingerprint density at radius 3 is 2.68 bits per heavy atom. The van der Waals surface area contributed by atoms with Crippen LogP contribution in [0.1, 0.15) is 30.5 Å². The minimum atomic E-state index is 0.697. The summed E-state index contributed by atoms with van der Waals surface area (Å²) < 4.78 is 2.46. The largest absolute Gasteiger partial charge is 0.213 e. The molecule has 0 saturated carbocycles. The van der Waals surface area contributed by atoms with Crippen LogP contribution < -0.4 is 4.57 Å². The molecule has 0 N–H and O–H groups in total. The van der Waals surface area contributed by atoms with Crippen LogP contribution in [-0.2, 0) is 13.0 Å². The minimum absolute atomic E-state index is 0.697. The van der Waals surface area contributed by atoms with E-state index in [0.717, 1.165) is 13.0 Å². The Morgan fingerprint density at radius 1 is 1.05 bits per heavy atom. The maximum Gasteiger partial charge on any atom is 0.213 e. The summed E-state index contributed by atoms with van der Waals surface area (Å²) in [5, 5.41) is 1.32. The normalized spacial score (nSPS) is 12.7.